The zero-order chi connectivity index (χ0) is 19.5. The Balaban J connectivity index is 1.60. The number of thioether (sulfide) groups is 1. The molecule has 2 amide bonds. The van der Waals surface area contributed by atoms with E-state index in [9.17, 15) is 9.59 Å². The number of aryl methyl sites for hydroxylation is 1. The van der Waals surface area contributed by atoms with Crippen LogP contribution in [-0.2, 0) is 14.5 Å². The van der Waals surface area contributed by atoms with E-state index in [4.69, 9.17) is 11.6 Å². The maximum Gasteiger partial charge on any atom is 0.266 e. The van der Waals surface area contributed by atoms with E-state index in [0.717, 1.165) is 21.8 Å². The van der Waals surface area contributed by atoms with Gasteiger partial charge in [-0.3, -0.25) is 14.5 Å². The molecule has 2 aromatic carbocycles. The number of amides is 2. The molecule has 3 aromatic rings. The van der Waals surface area contributed by atoms with Crippen molar-refractivity contribution in [3.8, 4) is 11.3 Å². The molecule has 140 valence electrons. The first kappa shape index (κ1) is 17.7. The van der Waals surface area contributed by atoms with Gasteiger partial charge in [0.25, 0.3) is 5.91 Å². The number of hydrogen-bond acceptors (Lipinski definition) is 5. The van der Waals surface area contributed by atoms with Crippen molar-refractivity contribution in [2.45, 2.75) is 11.8 Å². The van der Waals surface area contributed by atoms with E-state index in [-0.39, 0.29) is 17.6 Å². The van der Waals surface area contributed by atoms with Gasteiger partial charge >= 0.3 is 0 Å². The second-order valence-electron chi connectivity index (χ2n) is 6.60. The average molecular weight is 428 g/mol. The van der Waals surface area contributed by atoms with Gasteiger partial charge in [0.1, 0.15) is 0 Å². The largest absolute Gasteiger partial charge is 0.323 e. The van der Waals surface area contributed by atoms with Crippen molar-refractivity contribution in [1.82, 2.24) is 4.98 Å². The lowest BCUT2D eigenvalue weighted by Gasteiger charge is -2.32. The number of anilines is 2. The molecule has 1 fully saturated rings. The number of carbonyl (C=O) groups is 2. The highest BCUT2D eigenvalue weighted by atomic mass is 35.5. The molecule has 0 aliphatic carbocycles. The highest BCUT2D eigenvalue weighted by Gasteiger charge is 2.58. The lowest BCUT2D eigenvalue weighted by atomic mass is 10.0. The van der Waals surface area contributed by atoms with E-state index < -0.39 is 4.87 Å². The molecule has 5 nitrogen and oxygen atoms in total. The molecular weight excluding hydrogens is 414 g/mol. The molecule has 2 aliphatic heterocycles. The third kappa shape index (κ3) is 2.50. The number of hydrogen-bond donors (Lipinski definition) is 1. The van der Waals surface area contributed by atoms with Gasteiger partial charge in [-0.25, -0.2) is 4.98 Å². The molecule has 1 saturated heterocycles. The van der Waals surface area contributed by atoms with Crippen LogP contribution in [0, 0.1) is 6.92 Å². The van der Waals surface area contributed by atoms with Crippen molar-refractivity contribution in [3.63, 3.8) is 0 Å². The summed E-state index contributed by atoms with van der Waals surface area (Å²) >= 11 is 9.11. The third-order valence-electron chi connectivity index (χ3n) is 4.91. The zero-order valence-electron chi connectivity index (χ0n) is 14.7. The molecule has 1 N–H and O–H groups in total. The Hall–Kier alpha value is -2.35. The van der Waals surface area contributed by atoms with Crippen molar-refractivity contribution >= 4 is 57.9 Å². The van der Waals surface area contributed by atoms with Crippen molar-refractivity contribution in [2.75, 3.05) is 16.0 Å². The highest BCUT2D eigenvalue weighted by Crippen LogP contribution is 2.54. The van der Waals surface area contributed by atoms with Gasteiger partial charge in [-0.1, -0.05) is 23.7 Å². The number of rotatable bonds is 2. The average Bonchev–Trinajstić information content (AvgIpc) is 3.34. The summed E-state index contributed by atoms with van der Waals surface area (Å²) in [5.41, 5.74) is 3.97. The van der Waals surface area contributed by atoms with Crippen LogP contribution in [0.3, 0.4) is 0 Å². The van der Waals surface area contributed by atoms with Crippen molar-refractivity contribution in [1.29, 1.82) is 0 Å². The van der Waals surface area contributed by atoms with Crippen LogP contribution in [0.1, 0.15) is 10.6 Å². The van der Waals surface area contributed by atoms with Crippen LogP contribution >= 0.6 is 34.7 Å². The van der Waals surface area contributed by atoms with Gasteiger partial charge in [0.05, 0.1) is 16.5 Å². The maximum atomic E-state index is 13.0. The number of thiazole rings is 1. The van der Waals surface area contributed by atoms with Gasteiger partial charge in [-0.15, -0.1) is 23.1 Å². The molecule has 8 heteroatoms. The third-order valence-corrected chi connectivity index (χ3v) is 7.32. The molecule has 0 saturated carbocycles. The molecule has 28 heavy (non-hydrogen) atoms. The van der Waals surface area contributed by atoms with Gasteiger partial charge in [-0.05, 0) is 37.3 Å². The molecule has 2 aliphatic rings. The number of benzene rings is 2. The fourth-order valence-electron chi connectivity index (χ4n) is 3.67. The van der Waals surface area contributed by atoms with Crippen LogP contribution in [0.25, 0.3) is 11.3 Å². The Morgan fingerprint density at radius 2 is 1.96 bits per heavy atom. The summed E-state index contributed by atoms with van der Waals surface area (Å²) < 4.78 is 0. The van der Waals surface area contributed by atoms with E-state index in [2.05, 4.69) is 10.3 Å². The van der Waals surface area contributed by atoms with Gasteiger partial charge in [0.15, 0.2) is 0 Å². The molecule has 5 rings (SSSR count). The van der Waals surface area contributed by atoms with Crippen LogP contribution in [0.4, 0.5) is 11.4 Å². The molecule has 0 radical (unpaired) electrons. The SMILES string of the molecule is Cc1nc(-c2ccc(N3C(=O)CSC34C(=O)Nc3ccc(Cl)cc34)cc2)cs1. The highest BCUT2D eigenvalue weighted by molar-refractivity contribution is 8.02. The van der Waals surface area contributed by atoms with E-state index in [1.165, 1.54) is 11.8 Å². The van der Waals surface area contributed by atoms with E-state index >= 15 is 0 Å². The molecule has 0 bridgehead atoms. The molecule has 1 spiro atoms. The summed E-state index contributed by atoms with van der Waals surface area (Å²) in [6.45, 7) is 1.97. The number of nitrogens with zero attached hydrogens (tertiary/aromatic N) is 2. The van der Waals surface area contributed by atoms with Crippen LogP contribution < -0.4 is 10.2 Å². The topological polar surface area (TPSA) is 62.3 Å². The summed E-state index contributed by atoms with van der Waals surface area (Å²) in [6.07, 6.45) is 0. The fourth-order valence-corrected chi connectivity index (χ4v) is 5.77. The minimum atomic E-state index is -1.13. The minimum absolute atomic E-state index is 0.106. The second kappa shape index (κ2) is 6.34. The van der Waals surface area contributed by atoms with Crippen LogP contribution in [0.2, 0.25) is 5.02 Å². The number of nitrogens with one attached hydrogen (secondary N) is 1. The number of fused-ring (bicyclic) bond motifs is 2. The Morgan fingerprint density at radius 1 is 1.18 bits per heavy atom. The Labute approximate surface area is 174 Å². The van der Waals surface area contributed by atoms with Gasteiger partial charge in [0, 0.05) is 32.9 Å². The van der Waals surface area contributed by atoms with Crippen LogP contribution in [0.15, 0.2) is 47.8 Å². The summed E-state index contributed by atoms with van der Waals surface area (Å²) in [5.74, 6) is -0.100. The summed E-state index contributed by atoms with van der Waals surface area (Å²) in [6, 6.07) is 12.9. The lowest BCUT2D eigenvalue weighted by molar-refractivity contribution is -0.122. The zero-order valence-corrected chi connectivity index (χ0v) is 17.1. The maximum absolute atomic E-state index is 13.0. The number of carbonyl (C=O) groups excluding carboxylic acids is 2. The predicted octanol–water partition coefficient (Wildman–Crippen LogP) is 4.66. The number of aromatic nitrogens is 1. The van der Waals surface area contributed by atoms with E-state index in [1.807, 2.05) is 36.6 Å². The first-order chi connectivity index (χ1) is 13.5. The van der Waals surface area contributed by atoms with Gasteiger partial charge < -0.3 is 5.32 Å². The molecule has 3 heterocycles. The molecule has 1 unspecified atom stereocenters. The smallest absolute Gasteiger partial charge is 0.266 e. The van der Waals surface area contributed by atoms with Crippen molar-refractivity contribution < 1.29 is 9.59 Å². The van der Waals surface area contributed by atoms with Crippen LogP contribution in [-0.4, -0.2) is 22.6 Å². The Bertz CT molecular complexity index is 1130. The van der Waals surface area contributed by atoms with Crippen molar-refractivity contribution in [3.05, 3.63) is 63.4 Å². The lowest BCUT2D eigenvalue weighted by Crippen LogP contribution is -2.47. The Morgan fingerprint density at radius 3 is 2.68 bits per heavy atom. The van der Waals surface area contributed by atoms with Gasteiger partial charge in [-0.2, -0.15) is 0 Å². The second-order valence-corrected chi connectivity index (χ2v) is 9.27. The normalized spacial score (nSPS) is 20.7. The van der Waals surface area contributed by atoms with Crippen molar-refractivity contribution in [2.24, 2.45) is 0 Å². The first-order valence-electron chi connectivity index (χ1n) is 8.60. The molecule has 1 aromatic heterocycles. The summed E-state index contributed by atoms with van der Waals surface area (Å²) in [5, 5.41) is 6.43. The molecule has 1 atom stereocenters. The van der Waals surface area contributed by atoms with E-state index in [0.29, 0.717) is 16.4 Å². The standard InChI is InChI=1S/C20H14ClN3O2S2/c1-11-22-17(9-27-11)12-2-5-14(6-3-12)24-18(25)10-28-20(24)15-8-13(21)4-7-16(15)23-19(20)26/h2-9H,10H2,1H3,(H,23,26). The summed E-state index contributed by atoms with van der Waals surface area (Å²) in [4.78, 5) is 30.8. The Kier molecular flexibility index (Phi) is 4.01. The minimum Gasteiger partial charge on any atom is -0.323 e. The first-order valence-corrected chi connectivity index (χ1v) is 10.8. The van der Waals surface area contributed by atoms with Gasteiger partial charge in [0.2, 0.25) is 10.8 Å². The number of halogens is 1. The van der Waals surface area contributed by atoms with E-state index in [1.54, 1.807) is 34.4 Å². The predicted molar refractivity (Wildman–Crippen MR) is 114 cm³/mol. The molecular formula is C20H14ClN3O2S2. The quantitative estimate of drug-likeness (QED) is 0.646. The van der Waals surface area contributed by atoms with Crippen LogP contribution in [0.5, 0.6) is 0 Å². The summed E-state index contributed by atoms with van der Waals surface area (Å²) in [7, 11) is 0. The monoisotopic (exact) mass is 427 g/mol. The fraction of sp³-hybridized carbons (Fsp3) is 0.150.